The lowest BCUT2D eigenvalue weighted by molar-refractivity contribution is -0.182. The molecule has 2 atom stereocenters. The first kappa shape index (κ1) is 29.1. The molecule has 1 amide bonds. The number of aliphatic hydroxyl groups is 1. The van der Waals surface area contributed by atoms with E-state index in [1.165, 1.54) is 38.5 Å². The van der Waals surface area contributed by atoms with Crippen molar-refractivity contribution in [2.24, 2.45) is 0 Å². The van der Waals surface area contributed by atoms with Crippen LogP contribution in [0.25, 0.3) is 0 Å². The molecular formula is C22H43NO8S. The molecule has 9 nitrogen and oxygen atoms in total. The lowest BCUT2D eigenvalue weighted by Gasteiger charge is -2.28. The SMILES string of the molecule is CCCCCCCC1(CCCCCCC)OCC(COC(=O)NCC(O)CS(=O)(=O)O)O1. The molecule has 0 aliphatic carbocycles. The van der Waals surface area contributed by atoms with Gasteiger partial charge in [0.2, 0.25) is 0 Å². The summed E-state index contributed by atoms with van der Waals surface area (Å²) < 4.78 is 47.6. The van der Waals surface area contributed by atoms with Gasteiger partial charge in [0, 0.05) is 19.4 Å². The fraction of sp³-hybridized carbons (Fsp3) is 0.955. The van der Waals surface area contributed by atoms with Crippen molar-refractivity contribution in [2.75, 3.05) is 25.5 Å². The summed E-state index contributed by atoms with van der Waals surface area (Å²) in [5.41, 5.74) is 0. The molecule has 0 spiro atoms. The van der Waals surface area contributed by atoms with Gasteiger partial charge in [-0.2, -0.15) is 8.42 Å². The van der Waals surface area contributed by atoms with E-state index in [1.54, 1.807) is 0 Å². The molecule has 1 saturated heterocycles. The molecule has 0 aromatic rings. The molecule has 10 heteroatoms. The standard InChI is InChI=1S/C22H43NO8S/c1-3-5-7-9-11-13-22(14-12-10-8-6-4-2)30-17-20(31-22)16-29-21(25)23-15-19(24)18-32(26,27)28/h19-20,24H,3-18H2,1-2H3,(H,23,25)(H,26,27,28). The number of ether oxygens (including phenoxy) is 3. The normalized spacial score (nSPS) is 19.1. The summed E-state index contributed by atoms with van der Waals surface area (Å²) in [6.45, 7) is 4.39. The average Bonchev–Trinajstić information content (AvgIpc) is 3.12. The van der Waals surface area contributed by atoms with Crippen molar-refractivity contribution in [3.8, 4) is 0 Å². The van der Waals surface area contributed by atoms with Crippen LogP contribution in [-0.4, -0.2) is 67.7 Å². The highest BCUT2D eigenvalue weighted by molar-refractivity contribution is 7.85. The van der Waals surface area contributed by atoms with Crippen LogP contribution in [0.5, 0.6) is 0 Å². The number of carbonyl (C=O) groups excluding carboxylic acids is 1. The molecule has 0 radical (unpaired) electrons. The van der Waals surface area contributed by atoms with Crippen molar-refractivity contribution in [1.29, 1.82) is 0 Å². The fourth-order valence-corrected chi connectivity index (χ4v) is 4.41. The molecule has 2 unspecified atom stereocenters. The first-order chi connectivity index (χ1) is 15.2. The predicted octanol–water partition coefficient (Wildman–Crippen LogP) is 3.79. The number of nitrogens with one attached hydrogen (secondary N) is 1. The largest absolute Gasteiger partial charge is 0.447 e. The summed E-state index contributed by atoms with van der Waals surface area (Å²) in [4.78, 5) is 11.8. The topological polar surface area (TPSA) is 131 Å². The summed E-state index contributed by atoms with van der Waals surface area (Å²) in [6.07, 6.45) is 10.7. The molecule has 1 aliphatic rings. The summed E-state index contributed by atoms with van der Waals surface area (Å²) in [5, 5.41) is 11.8. The fourth-order valence-electron chi connectivity index (χ4n) is 3.80. The summed E-state index contributed by atoms with van der Waals surface area (Å²) in [7, 11) is -4.31. The van der Waals surface area contributed by atoms with E-state index in [-0.39, 0.29) is 19.3 Å². The Morgan fingerprint density at radius 2 is 1.62 bits per heavy atom. The second-order valence-corrected chi connectivity index (χ2v) is 10.2. The van der Waals surface area contributed by atoms with Crippen LogP contribution in [0.15, 0.2) is 0 Å². The van der Waals surface area contributed by atoms with Gasteiger partial charge in [-0.1, -0.05) is 65.2 Å². The highest BCUT2D eigenvalue weighted by Crippen LogP contribution is 2.34. The van der Waals surface area contributed by atoms with Crippen LogP contribution in [0.4, 0.5) is 4.79 Å². The van der Waals surface area contributed by atoms with Gasteiger partial charge >= 0.3 is 6.09 Å². The van der Waals surface area contributed by atoms with E-state index >= 15 is 0 Å². The van der Waals surface area contributed by atoms with Crippen molar-refractivity contribution < 1.29 is 37.1 Å². The summed E-state index contributed by atoms with van der Waals surface area (Å²) in [6, 6.07) is 0. The van der Waals surface area contributed by atoms with Crippen molar-refractivity contribution in [3.63, 3.8) is 0 Å². The third-order valence-corrected chi connectivity index (χ3v) is 6.33. The van der Waals surface area contributed by atoms with E-state index in [0.29, 0.717) is 6.61 Å². The molecule has 3 N–H and O–H groups in total. The maximum absolute atomic E-state index is 11.8. The number of unbranched alkanes of at least 4 members (excludes halogenated alkanes) is 8. The molecule has 0 saturated carbocycles. The molecular weight excluding hydrogens is 438 g/mol. The third-order valence-electron chi connectivity index (χ3n) is 5.52. The van der Waals surface area contributed by atoms with Crippen molar-refractivity contribution in [1.82, 2.24) is 5.32 Å². The van der Waals surface area contributed by atoms with Gasteiger partial charge in [0.1, 0.15) is 18.5 Å². The van der Waals surface area contributed by atoms with Gasteiger partial charge in [0.05, 0.1) is 12.7 Å². The van der Waals surface area contributed by atoms with Crippen LogP contribution >= 0.6 is 0 Å². The first-order valence-electron chi connectivity index (χ1n) is 12.1. The Morgan fingerprint density at radius 1 is 1.06 bits per heavy atom. The molecule has 1 fully saturated rings. The molecule has 1 rings (SSSR count). The Labute approximate surface area is 193 Å². The Kier molecular flexibility index (Phi) is 14.4. The zero-order chi connectivity index (χ0) is 23.9. The third kappa shape index (κ3) is 13.6. The number of amides is 1. The first-order valence-corrected chi connectivity index (χ1v) is 13.7. The molecule has 190 valence electrons. The predicted molar refractivity (Wildman–Crippen MR) is 122 cm³/mol. The summed E-state index contributed by atoms with van der Waals surface area (Å²) >= 11 is 0. The lowest BCUT2D eigenvalue weighted by Crippen LogP contribution is -2.37. The highest BCUT2D eigenvalue weighted by atomic mass is 32.2. The van der Waals surface area contributed by atoms with Crippen LogP contribution in [-0.2, 0) is 24.3 Å². The van der Waals surface area contributed by atoms with Crippen LogP contribution in [0.1, 0.15) is 90.9 Å². The van der Waals surface area contributed by atoms with E-state index in [4.69, 9.17) is 18.8 Å². The van der Waals surface area contributed by atoms with Crippen molar-refractivity contribution >= 4 is 16.2 Å². The second-order valence-electron chi connectivity index (χ2n) is 8.67. The van der Waals surface area contributed by atoms with E-state index < -0.39 is 33.9 Å². The molecule has 32 heavy (non-hydrogen) atoms. The maximum atomic E-state index is 11.8. The van der Waals surface area contributed by atoms with Gasteiger partial charge in [-0.15, -0.1) is 0 Å². The lowest BCUT2D eigenvalue weighted by atomic mass is 9.99. The Hall–Kier alpha value is -0.940. The molecule has 0 bridgehead atoms. The quantitative estimate of drug-likeness (QED) is 0.199. The number of rotatable bonds is 18. The van der Waals surface area contributed by atoms with Gasteiger partial charge in [0.15, 0.2) is 5.79 Å². The molecule has 1 aliphatic heterocycles. The zero-order valence-electron chi connectivity index (χ0n) is 19.7. The second kappa shape index (κ2) is 15.8. The average molecular weight is 482 g/mol. The van der Waals surface area contributed by atoms with Crippen LogP contribution < -0.4 is 5.32 Å². The van der Waals surface area contributed by atoms with E-state index in [0.717, 1.165) is 38.5 Å². The minimum absolute atomic E-state index is 0.00759. The van der Waals surface area contributed by atoms with Crippen LogP contribution in [0.3, 0.4) is 0 Å². The van der Waals surface area contributed by atoms with Gasteiger partial charge in [-0.25, -0.2) is 4.79 Å². The Morgan fingerprint density at radius 3 is 2.16 bits per heavy atom. The minimum atomic E-state index is -4.31. The Balaban J connectivity index is 2.41. The van der Waals surface area contributed by atoms with E-state index in [1.807, 2.05) is 0 Å². The minimum Gasteiger partial charge on any atom is -0.447 e. The van der Waals surface area contributed by atoms with Gasteiger partial charge in [-0.3, -0.25) is 4.55 Å². The monoisotopic (exact) mass is 481 g/mol. The van der Waals surface area contributed by atoms with Gasteiger partial charge in [0.25, 0.3) is 10.1 Å². The molecule has 0 aromatic carbocycles. The molecule has 1 heterocycles. The smallest absolute Gasteiger partial charge is 0.407 e. The van der Waals surface area contributed by atoms with E-state index in [2.05, 4.69) is 19.2 Å². The zero-order valence-corrected chi connectivity index (χ0v) is 20.5. The molecule has 0 aromatic heterocycles. The Bertz CT molecular complexity index is 599. The number of hydrogen-bond donors (Lipinski definition) is 3. The summed E-state index contributed by atoms with van der Waals surface area (Å²) in [5.74, 6) is -1.47. The van der Waals surface area contributed by atoms with E-state index in [9.17, 15) is 18.3 Å². The van der Waals surface area contributed by atoms with Gasteiger partial charge < -0.3 is 24.6 Å². The van der Waals surface area contributed by atoms with Crippen LogP contribution in [0.2, 0.25) is 0 Å². The number of aliphatic hydroxyl groups excluding tert-OH is 1. The highest BCUT2D eigenvalue weighted by Gasteiger charge is 2.41. The van der Waals surface area contributed by atoms with Gasteiger partial charge in [-0.05, 0) is 12.8 Å². The van der Waals surface area contributed by atoms with Crippen LogP contribution in [0, 0.1) is 0 Å². The van der Waals surface area contributed by atoms with Crippen molar-refractivity contribution in [2.45, 2.75) is 109 Å². The maximum Gasteiger partial charge on any atom is 0.407 e. The number of carbonyl (C=O) groups is 1. The number of alkyl carbamates (subject to hydrolysis) is 1. The van der Waals surface area contributed by atoms with Crippen molar-refractivity contribution in [3.05, 3.63) is 0 Å². The number of hydrogen-bond acceptors (Lipinski definition) is 7.